The predicted molar refractivity (Wildman–Crippen MR) is 68.7 cm³/mol. The first-order valence-corrected chi connectivity index (χ1v) is 5.71. The highest BCUT2D eigenvalue weighted by atomic mass is 32.1. The van der Waals surface area contributed by atoms with E-state index >= 15 is 0 Å². The Labute approximate surface area is 101 Å². The molecule has 3 nitrogen and oxygen atoms in total. The van der Waals surface area contributed by atoms with E-state index in [-0.39, 0.29) is 0 Å². The van der Waals surface area contributed by atoms with E-state index in [1.54, 1.807) is 0 Å². The number of nitrogens with zero attached hydrogens (tertiary/aromatic N) is 1. The Hall–Kier alpha value is -1.42. The maximum Gasteiger partial charge on any atom is 0.277 e. The van der Waals surface area contributed by atoms with Crippen LogP contribution >= 0.6 is 12.2 Å². The fraction of sp³-hybridized carbons (Fsp3) is 0.333. The molecule has 16 heavy (non-hydrogen) atoms. The van der Waals surface area contributed by atoms with Crippen LogP contribution < -0.4 is 5.43 Å². The van der Waals surface area contributed by atoms with Crippen LogP contribution in [-0.2, 0) is 11.2 Å². The van der Waals surface area contributed by atoms with Gasteiger partial charge in [0, 0.05) is 5.56 Å². The molecule has 1 aromatic rings. The molecule has 0 saturated heterocycles. The Morgan fingerprint density at radius 2 is 2.19 bits per heavy atom. The second kappa shape index (κ2) is 5.07. The number of thiocarbonyl (C=S) groups is 1. The molecule has 1 aliphatic rings. The predicted octanol–water partition coefficient (Wildman–Crippen LogP) is 2.25. The normalized spacial score (nSPS) is 16.7. The van der Waals surface area contributed by atoms with E-state index in [1.165, 1.54) is 18.2 Å². The maximum absolute atomic E-state index is 4.88. The molecule has 0 bridgehead atoms. The Morgan fingerprint density at radius 3 is 3.00 bits per heavy atom. The van der Waals surface area contributed by atoms with Crippen LogP contribution in [-0.4, -0.2) is 18.0 Å². The summed E-state index contributed by atoms with van der Waals surface area (Å²) in [6.45, 7) is 0. The van der Waals surface area contributed by atoms with Gasteiger partial charge in [-0.2, -0.15) is 5.10 Å². The molecule has 0 radical (unpaired) electrons. The summed E-state index contributed by atoms with van der Waals surface area (Å²) < 4.78 is 4.84. The Morgan fingerprint density at radius 1 is 1.38 bits per heavy atom. The van der Waals surface area contributed by atoms with Crippen molar-refractivity contribution in [1.29, 1.82) is 0 Å². The van der Waals surface area contributed by atoms with Gasteiger partial charge in [0.1, 0.15) is 0 Å². The summed E-state index contributed by atoms with van der Waals surface area (Å²) in [5.41, 5.74) is 6.38. The number of aryl methyl sites for hydroxylation is 1. The van der Waals surface area contributed by atoms with Crippen LogP contribution in [0.4, 0.5) is 0 Å². The Balaban J connectivity index is 2.21. The lowest BCUT2D eigenvalue weighted by molar-refractivity contribution is 0.394. The zero-order chi connectivity index (χ0) is 11.4. The number of nitrogens with one attached hydrogen (secondary N) is 1. The molecule has 0 unspecified atom stereocenters. The van der Waals surface area contributed by atoms with Gasteiger partial charge in [-0.05, 0) is 37.0 Å². The summed E-state index contributed by atoms with van der Waals surface area (Å²) in [7, 11) is 1.53. The maximum atomic E-state index is 4.88. The highest BCUT2D eigenvalue weighted by molar-refractivity contribution is 7.80. The number of methoxy groups -OCH3 is 1. The minimum absolute atomic E-state index is 0.301. The van der Waals surface area contributed by atoms with Gasteiger partial charge in [0.25, 0.3) is 5.17 Å². The zero-order valence-electron chi connectivity index (χ0n) is 9.19. The van der Waals surface area contributed by atoms with Crippen LogP contribution in [0.1, 0.15) is 24.0 Å². The van der Waals surface area contributed by atoms with E-state index in [0.717, 1.165) is 25.0 Å². The first-order valence-electron chi connectivity index (χ1n) is 5.30. The summed E-state index contributed by atoms with van der Waals surface area (Å²) in [5, 5.41) is 4.60. The van der Waals surface area contributed by atoms with Crippen LogP contribution in [0.3, 0.4) is 0 Å². The standard InChI is InChI=1S/C12H14N2OS/c1-15-12(16)14-13-11-8-4-6-9-5-2-3-7-10(9)11/h2-3,5,7H,4,6,8H2,1H3,(H,14,16)/b13-11+. The fourth-order valence-electron chi connectivity index (χ4n) is 1.88. The van der Waals surface area contributed by atoms with Crippen molar-refractivity contribution in [3.05, 3.63) is 35.4 Å². The summed E-state index contributed by atoms with van der Waals surface area (Å²) in [6.07, 6.45) is 3.25. The summed E-state index contributed by atoms with van der Waals surface area (Å²) in [6, 6.07) is 8.35. The molecule has 0 atom stereocenters. The molecule has 1 N–H and O–H groups in total. The number of rotatable bonds is 1. The van der Waals surface area contributed by atoms with Crippen molar-refractivity contribution in [3.63, 3.8) is 0 Å². The second-order valence-corrected chi connectivity index (χ2v) is 4.04. The highest BCUT2D eigenvalue weighted by Crippen LogP contribution is 2.20. The van der Waals surface area contributed by atoms with E-state index in [4.69, 9.17) is 17.0 Å². The van der Waals surface area contributed by atoms with Crippen LogP contribution in [0.25, 0.3) is 0 Å². The van der Waals surface area contributed by atoms with Gasteiger partial charge in [0.05, 0.1) is 12.8 Å². The van der Waals surface area contributed by atoms with Gasteiger partial charge < -0.3 is 4.74 Å². The van der Waals surface area contributed by atoms with Gasteiger partial charge >= 0.3 is 0 Å². The second-order valence-electron chi connectivity index (χ2n) is 3.67. The highest BCUT2D eigenvalue weighted by Gasteiger charge is 2.14. The topological polar surface area (TPSA) is 33.6 Å². The minimum atomic E-state index is 0.301. The Kier molecular flexibility index (Phi) is 3.51. The molecule has 0 saturated carbocycles. The molecule has 0 heterocycles. The molecule has 2 rings (SSSR count). The summed E-state index contributed by atoms with van der Waals surface area (Å²) >= 11 is 4.88. The molecule has 0 fully saturated rings. The number of hydrogen-bond acceptors (Lipinski definition) is 3. The molecule has 1 aromatic carbocycles. The molecule has 4 heteroatoms. The number of hydrogen-bond donors (Lipinski definition) is 1. The SMILES string of the molecule is COC(=S)N/N=C1\CCCc2ccccc21. The first kappa shape index (κ1) is 11.1. The van der Waals surface area contributed by atoms with Gasteiger partial charge in [-0.1, -0.05) is 24.3 Å². The van der Waals surface area contributed by atoms with Crippen molar-refractivity contribution in [2.45, 2.75) is 19.3 Å². The quantitative estimate of drug-likeness (QED) is 0.597. The van der Waals surface area contributed by atoms with Gasteiger partial charge in [0.15, 0.2) is 0 Å². The molecule has 1 aliphatic carbocycles. The van der Waals surface area contributed by atoms with E-state index in [9.17, 15) is 0 Å². The van der Waals surface area contributed by atoms with Crippen LogP contribution in [0.5, 0.6) is 0 Å². The van der Waals surface area contributed by atoms with E-state index in [1.807, 2.05) is 6.07 Å². The van der Waals surface area contributed by atoms with Gasteiger partial charge in [0.2, 0.25) is 0 Å². The third-order valence-corrected chi connectivity index (χ3v) is 2.91. The molecular formula is C12H14N2OS. The lowest BCUT2D eigenvalue weighted by atomic mass is 9.90. The smallest absolute Gasteiger partial charge is 0.277 e. The van der Waals surface area contributed by atoms with Crippen molar-refractivity contribution < 1.29 is 4.74 Å². The van der Waals surface area contributed by atoms with Crippen molar-refractivity contribution >= 4 is 23.1 Å². The van der Waals surface area contributed by atoms with Crippen LogP contribution in [0.15, 0.2) is 29.4 Å². The number of hydrazone groups is 1. The number of ether oxygens (including phenoxy) is 1. The monoisotopic (exact) mass is 234 g/mol. The molecule has 0 aromatic heterocycles. The summed E-state index contributed by atoms with van der Waals surface area (Å²) in [5.74, 6) is 0. The third-order valence-electron chi connectivity index (χ3n) is 2.66. The van der Waals surface area contributed by atoms with Crippen molar-refractivity contribution in [2.75, 3.05) is 7.11 Å². The van der Waals surface area contributed by atoms with Crippen LogP contribution in [0, 0.1) is 0 Å². The van der Waals surface area contributed by atoms with Crippen LogP contribution in [0.2, 0.25) is 0 Å². The average Bonchev–Trinajstić information content (AvgIpc) is 2.35. The van der Waals surface area contributed by atoms with Crippen molar-refractivity contribution in [2.24, 2.45) is 5.10 Å². The lowest BCUT2D eigenvalue weighted by Gasteiger charge is -2.17. The van der Waals surface area contributed by atoms with E-state index in [0.29, 0.717) is 5.17 Å². The lowest BCUT2D eigenvalue weighted by Crippen LogP contribution is -2.21. The van der Waals surface area contributed by atoms with Gasteiger partial charge in [-0.3, -0.25) is 0 Å². The van der Waals surface area contributed by atoms with E-state index in [2.05, 4.69) is 28.7 Å². The van der Waals surface area contributed by atoms with E-state index < -0.39 is 0 Å². The molecular weight excluding hydrogens is 220 g/mol. The zero-order valence-corrected chi connectivity index (χ0v) is 10.0. The molecule has 0 aliphatic heterocycles. The van der Waals surface area contributed by atoms with Crippen molar-refractivity contribution in [1.82, 2.24) is 5.43 Å². The third kappa shape index (κ3) is 2.39. The number of benzene rings is 1. The first-order chi connectivity index (χ1) is 7.81. The van der Waals surface area contributed by atoms with Gasteiger partial charge in [-0.15, -0.1) is 0 Å². The van der Waals surface area contributed by atoms with Gasteiger partial charge in [-0.25, -0.2) is 5.43 Å². The largest absolute Gasteiger partial charge is 0.473 e. The molecule has 0 spiro atoms. The number of fused-ring (bicyclic) bond motifs is 1. The minimum Gasteiger partial charge on any atom is -0.473 e. The molecule has 0 amide bonds. The Bertz CT molecular complexity index is 429. The van der Waals surface area contributed by atoms with Crippen molar-refractivity contribution in [3.8, 4) is 0 Å². The summed E-state index contributed by atoms with van der Waals surface area (Å²) in [4.78, 5) is 0. The fourth-order valence-corrected chi connectivity index (χ4v) is 1.92. The molecule has 84 valence electrons. The average molecular weight is 234 g/mol.